The Kier molecular flexibility index (Phi) is 5.30. The molecular formula is C15H18N2O3. The molecule has 0 bridgehead atoms. The summed E-state index contributed by atoms with van der Waals surface area (Å²) in [6.45, 7) is 3.24. The van der Waals surface area contributed by atoms with Gasteiger partial charge in [0.25, 0.3) is 5.91 Å². The zero-order valence-electron chi connectivity index (χ0n) is 11.6. The number of benzene rings is 1. The van der Waals surface area contributed by atoms with Gasteiger partial charge in [-0.1, -0.05) is 30.3 Å². The lowest BCUT2D eigenvalue weighted by Gasteiger charge is -2.16. The zero-order chi connectivity index (χ0) is 15.2. The Hall–Kier alpha value is -2.32. The molecule has 3 N–H and O–H groups in total. The third-order valence-corrected chi connectivity index (χ3v) is 2.52. The number of nitrogens with zero attached hydrogens (tertiary/aromatic N) is 1. The summed E-state index contributed by atoms with van der Waals surface area (Å²) >= 11 is 0. The number of carbonyl (C=O) groups excluding carboxylic acids is 1. The second kappa shape index (κ2) is 6.73. The van der Waals surface area contributed by atoms with Crippen LogP contribution in [0.4, 0.5) is 0 Å². The molecule has 0 unspecified atom stereocenters. The Balaban J connectivity index is 2.73. The molecule has 0 spiro atoms. The van der Waals surface area contributed by atoms with E-state index in [1.54, 1.807) is 6.07 Å². The minimum Gasteiger partial charge on any atom is -0.511 e. The van der Waals surface area contributed by atoms with E-state index in [0.717, 1.165) is 5.56 Å². The molecule has 20 heavy (non-hydrogen) atoms. The second-order valence-electron chi connectivity index (χ2n) is 5.09. The summed E-state index contributed by atoms with van der Waals surface area (Å²) in [5.74, 6) is -1.07. The molecule has 0 radical (unpaired) electrons. The molecule has 0 heterocycles. The van der Waals surface area contributed by atoms with Crippen LogP contribution in [0.2, 0.25) is 0 Å². The predicted octanol–water partition coefficient (Wildman–Crippen LogP) is 1.80. The first kappa shape index (κ1) is 15.7. The number of hydrogen-bond acceptors (Lipinski definition) is 4. The minimum atomic E-state index is -1.19. The van der Waals surface area contributed by atoms with Gasteiger partial charge in [0.1, 0.15) is 11.8 Å². The van der Waals surface area contributed by atoms with Crippen molar-refractivity contribution in [2.45, 2.75) is 32.4 Å². The topological polar surface area (TPSA) is 93.3 Å². The summed E-state index contributed by atoms with van der Waals surface area (Å²) < 4.78 is 0. The quantitative estimate of drug-likeness (QED) is 0.433. The number of amides is 1. The van der Waals surface area contributed by atoms with Gasteiger partial charge >= 0.3 is 0 Å². The van der Waals surface area contributed by atoms with Crippen LogP contribution in [0.3, 0.4) is 0 Å². The van der Waals surface area contributed by atoms with Crippen molar-refractivity contribution < 1.29 is 15.0 Å². The summed E-state index contributed by atoms with van der Waals surface area (Å²) in [6, 6.07) is 10.9. The molecule has 0 aliphatic heterocycles. The number of aliphatic hydroxyl groups is 2. The summed E-state index contributed by atoms with van der Waals surface area (Å²) in [7, 11) is 0. The maximum absolute atomic E-state index is 11.8. The van der Waals surface area contributed by atoms with E-state index in [9.17, 15) is 15.0 Å². The fraction of sp³-hybridized carbons (Fsp3) is 0.333. The molecule has 0 aliphatic carbocycles. The van der Waals surface area contributed by atoms with Crippen molar-refractivity contribution in [1.29, 1.82) is 5.26 Å². The highest BCUT2D eigenvalue weighted by Gasteiger charge is 2.21. The lowest BCUT2D eigenvalue weighted by Crippen LogP contribution is -2.27. The summed E-state index contributed by atoms with van der Waals surface area (Å²) in [4.78, 5) is 11.8. The Morgan fingerprint density at radius 1 is 1.35 bits per heavy atom. The molecule has 1 amide bonds. The fourth-order valence-corrected chi connectivity index (χ4v) is 1.61. The first-order valence-corrected chi connectivity index (χ1v) is 6.20. The molecule has 0 aromatic heterocycles. The number of aliphatic hydroxyl groups excluding tert-OH is 1. The van der Waals surface area contributed by atoms with Crippen molar-refractivity contribution in [2.24, 2.45) is 0 Å². The number of carbonyl (C=O) groups is 1. The molecule has 5 heteroatoms. The van der Waals surface area contributed by atoms with Gasteiger partial charge in [0.2, 0.25) is 0 Å². The van der Waals surface area contributed by atoms with E-state index in [0.29, 0.717) is 0 Å². The van der Waals surface area contributed by atoms with Gasteiger partial charge in [0.15, 0.2) is 5.57 Å². The number of rotatable bonds is 5. The molecule has 5 nitrogen and oxygen atoms in total. The van der Waals surface area contributed by atoms with E-state index in [1.165, 1.54) is 13.8 Å². The van der Waals surface area contributed by atoms with E-state index in [2.05, 4.69) is 5.32 Å². The lowest BCUT2D eigenvalue weighted by molar-refractivity contribution is -0.117. The summed E-state index contributed by atoms with van der Waals surface area (Å²) in [5.41, 5.74) is -0.672. The maximum Gasteiger partial charge on any atom is 0.265 e. The van der Waals surface area contributed by atoms with Gasteiger partial charge < -0.3 is 15.5 Å². The average Bonchev–Trinajstić information content (AvgIpc) is 2.36. The van der Waals surface area contributed by atoms with Gasteiger partial charge in [-0.3, -0.25) is 4.79 Å². The SMILES string of the molecule is CC(C)(O)C/C(O)=C(\C#N)C(=O)NCc1ccccc1. The zero-order valence-corrected chi connectivity index (χ0v) is 11.6. The monoisotopic (exact) mass is 274 g/mol. The molecule has 1 rings (SSSR count). The molecule has 1 aromatic carbocycles. The summed E-state index contributed by atoms with van der Waals surface area (Å²) in [6.07, 6.45) is -0.158. The number of nitriles is 1. The van der Waals surface area contributed by atoms with E-state index in [-0.39, 0.29) is 18.5 Å². The van der Waals surface area contributed by atoms with Crippen LogP contribution in [0.1, 0.15) is 25.8 Å². The highest BCUT2D eigenvalue weighted by Crippen LogP contribution is 2.16. The third kappa shape index (κ3) is 5.12. The van der Waals surface area contributed by atoms with Crippen LogP contribution in [0.25, 0.3) is 0 Å². The first-order valence-electron chi connectivity index (χ1n) is 6.20. The molecule has 1 aromatic rings. The highest BCUT2D eigenvalue weighted by atomic mass is 16.3. The van der Waals surface area contributed by atoms with Crippen molar-refractivity contribution in [2.75, 3.05) is 0 Å². The second-order valence-corrected chi connectivity index (χ2v) is 5.09. The van der Waals surface area contributed by atoms with Gasteiger partial charge in [-0.25, -0.2) is 0 Å². The molecular weight excluding hydrogens is 256 g/mol. The average molecular weight is 274 g/mol. The van der Waals surface area contributed by atoms with Gasteiger partial charge in [0.05, 0.1) is 5.60 Å². The van der Waals surface area contributed by atoms with Crippen molar-refractivity contribution in [3.05, 3.63) is 47.2 Å². The third-order valence-electron chi connectivity index (χ3n) is 2.52. The summed E-state index contributed by atoms with van der Waals surface area (Å²) in [5, 5.41) is 30.8. The molecule has 0 atom stereocenters. The number of nitrogens with one attached hydrogen (secondary N) is 1. The first-order chi connectivity index (χ1) is 9.33. The molecule has 0 saturated carbocycles. The smallest absolute Gasteiger partial charge is 0.265 e. The lowest BCUT2D eigenvalue weighted by atomic mass is 10.0. The van der Waals surface area contributed by atoms with Crippen LogP contribution < -0.4 is 5.32 Å². The van der Waals surface area contributed by atoms with Crippen LogP contribution in [-0.4, -0.2) is 21.7 Å². The van der Waals surface area contributed by atoms with Crippen LogP contribution in [-0.2, 0) is 11.3 Å². The van der Waals surface area contributed by atoms with Gasteiger partial charge in [-0.2, -0.15) is 5.26 Å². The number of hydrogen-bond donors (Lipinski definition) is 3. The minimum absolute atomic E-state index is 0.158. The van der Waals surface area contributed by atoms with Crippen LogP contribution in [0.5, 0.6) is 0 Å². The Morgan fingerprint density at radius 2 is 1.95 bits per heavy atom. The Morgan fingerprint density at radius 3 is 2.45 bits per heavy atom. The fourth-order valence-electron chi connectivity index (χ4n) is 1.61. The Labute approximate surface area is 118 Å². The van der Waals surface area contributed by atoms with Crippen molar-refractivity contribution >= 4 is 5.91 Å². The van der Waals surface area contributed by atoms with Crippen LogP contribution >= 0.6 is 0 Å². The van der Waals surface area contributed by atoms with Crippen LogP contribution in [0.15, 0.2) is 41.7 Å². The maximum atomic E-state index is 11.8. The largest absolute Gasteiger partial charge is 0.511 e. The van der Waals surface area contributed by atoms with E-state index in [4.69, 9.17) is 5.26 Å². The molecule has 0 fully saturated rings. The van der Waals surface area contributed by atoms with Crippen molar-refractivity contribution in [3.63, 3.8) is 0 Å². The van der Waals surface area contributed by atoms with Gasteiger partial charge in [-0.05, 0) is 19.4 Å². The molecule has 0 saturated heterocycles. The highest BCUT2D eigenvalue weighted by molar-refractivity contribution is 5.97. The normalized spacial score (nSPS) is 12.3. The van der Waals surface area contributed by atoms with E-state index in [1.807, 2.05) is 30.3 Å². The predicted molar refractivity (Wildman–Crippen MR) is 74.5 cm³/mol. The van der Waals surface area contributed by atoms with Gasteiger partial charge in [-0.15, -0.1) is 0 Å². The van der Waals surface area contributed by atoms with E-state index >= 15 is 0 Å². The Bertz CT molecular complexity index is 536. The van der Waals surface area contributed by atoms with E-state index < -0.39 is 17.3 Å². The molecule has 0 aliphatic rings. The van der Waals surface area contributed by atoms with Crippen molar-refractivity contribution in [3.8, 4) is 6.07 Å². The van der Waals surface area contributed by atoms with Crippen molar-refractivity contribution in [1.82, 2.24) is 5.32 Å². The van der Waals surface area contributed by atoms with Gasteiger partial charge in [0, 0.05) is 13.0 Å². The van der Waals surface area contributed by atoms with Crippen LogP contribution in [0, 0.1) is 11.3 Å². The molecule has 106 valence electrons. The standard InChI is InChI=1S/C15H18N2O3/c1-15(2,20)8-13(18)12(9-16)14(19)17-10-11-6-4-3-5-7-11/h3-7,18,20H,8,10H2,1-2H3,(H,17,19)/b13-12-.